The van der Waals surface area contributed by atoms with Crippen molar-refractivity contribution in [3.05, 3.63) is 28.8 Å². The van der Waals surface area contributed by atoms with Gasteiger partial charge in [-0.25, -0.2) is 0 Å². The zero-order valence-corrected chi connectivity index (χ0v) is 24.1. The number of carbonyl (C=O) groups is 5. The van der Waals surface area contributed by atoms with Gasteiger partial charge < -0.3 is 20.6 Å². The Balaban J connectivity index is 1.47. The lowest BCUT2D eigenvalue weighted by Crippen LogP contribution is -2.43. The number of nitrogens with zero attached hydrogens (tertiary/aromatic N) is 3. The average molecular weight is 558 g/mol. The highest BCUT2D eigenvalue weighted by Gasteiger charge is 2.35. The van der Waals surface area contributed by atoms with E-state index in [0.717, 1.165) is 16.7 Å². The van der Waals surface area contributed by atoms with Gasteiger partial charge in [0.05, 0.1) is 0 Å². The first kappa shape index (κ1) is 31.2. The summed E-state index contributed by atoms with van der Waals surface area (Å²) in [5.41, 5.74) is 2.54. The Bertz CT molecular complexity index is 1050. The Hall–Kier alpha value is -3.31. The summed E-state index contributed by atoms with van der Waals surface area (Å²) >= 11 is 0. The molecular formula is C29H43N5O6. The number of hydrogen-bond donors (Lipinski definition) is 3. The lowest BCUT2D eigenvalue weighted by molar-refractivity contribution is -0.140. The van der Waals surface area contributed by atoms with Crippen molar-refractivity contribution in [2.75, 3.05) is 52.4 Å². The number of hydrogen-bond acceptors (Lipinski definition) is 8. The standard InChI is InChI=1S/C29H43N5O6/c1-19-15-23(16-20(2)27(19)38)5-6-24(35)32(11-7-30-9-13-33-25(36)17-21(3)28(33)39)12-8-31-10-14-34-26(37)18-22(4)29(34)40/h15-16,21-22,30-31,38H,5-14,17-18H2,1-4H3. The molecule has 11 heteroatoms. The van der Waals surface area contributed by atoms with Crippen LogP contribution in [-0.2, 0) is 30.4 Å². The van der Waals surface area contributed by atoms with Gasteiger partial charge in [-0.2, -0.15) is 0 Å². The van der Waals surface area contributed by atoms with Crippen LogP contribution in [0.3, 0.4) is 0 Å². The number of benzene rings is 1. The molecule has 1 aromatic carbocycles. The molecule has 3 rings (SSSR count). The van der Waals surface area contributed by atoms with E-state index in [9.17, 15) is 29.1 Å². The Morgan fingerprint density at radius 1 is 0.850 bits per heavy atom. The number of phenols is 1. The number of aryl methyl sites for hydroxylation is 3. The van der Waals surface area contributed by atoms with E-state index in [1.807, 2.05) is 26.0 Å². The lowest BCUT2D eigenvalue weighted by Gasteiger charge is -2.24. The lowest BCUT2D eigenvalue weighted by atomic mass is 10.0. The van der Waals surface area contributed by atoms with E-state index in [2.05, 4.69) is 10.6 Å². The highest BCUT2D eigenvalue weighted by atomic mass is 16.3. The minimum atomic E-state index is -0.264. The third-order valence-corrected chi connectivity index (χ3v) is 7.61. The van der Waals surface area contributed by atoms with E-state index < -0.39 is 0 Å². The molecule has 2 aliphatic rings. The van der Waals surface area contributed by atoms with E-state index >= 15 is 0 Å². The summed E-state index contributed by atoms with van der Waals surface area (Å²) in [4.78, 5) is 65.7. The molecule has 40 heavy (non-hydrogen) atoms. The molecule has 220 valence electrons. The van der Waals surface area contributed by atoms with Gasteiger partial charge in [0, 0.05) is 83.5 Å². The largest absolute Gasteiger partial charge is 0.507 e. The summed E-state index contributed by atoms with van der Waals surface area (Å²) in [7, 11) is 0. The fourth-order valence-corrected chi connectivity index (χ4v) is 5.19. The number of rotatable bonds is 15. The molecule has 0 saturated carbocycles. The Labute approximate surface area is 236 Å². The summed E-state index contributed by atoms with van der Waals surface area (Å²) in [5.74, 6) is -0.833. The van der Waals surface area contributed by atoms with Crippen LogP contribution in [0, 0.1) is 25.7 Å². The molecule has 2 atom stereocenters. The Morgan fingerprint density at radius 3 is 1.70 bits per heavy atom. The van der Waals surface area contributed by atoms with Gasteiger partial charge in [0.25, 0.3) is 0 Å². The molecule has 0 radical (unpaired) electrons. The van der Waals surface area contributed by atoms with Crippen LogP contribution in [0.15, 0.2) is 12.1 Å². The topological polar surface area (TPSA) is 139 Å². The molecule has 0 bridgehead atoms. The first-order chi connectivity index (χ1) is 19.0. The summed E-state index contributed by atoms with van der Waals surface area (Å²) in [6, 6.07) is 3.79. The fourth-order valence-electron chi connectivity index (χ4n) is 5.19. The molecule has 3 N–H and O–H groups in total. The van der Waals surface area contributed by atoms with Crippen molar-refractivity contribution in [2.45, 2.75) is 53.4 Å². The van der Waals surface area contributed by atoms with E-state index in [0.29, 0.717) is 65.2 Å². The molecule has 2 saturated heterocycles. The maximum Gasteiger partial charge on any atom is 0.232 e. The molecule has 5 amide bonds. The number of phenolic OH excluding ortho intramolecular Hbond substituents is 1. The van der Waals surface area contributed by atoms with E-state index in [-0.39, 0.29) is 60.0 Å². The van der Waals surface area contributed by atoms with Crippen molar-refractivity contribution >= 4 is 29.5 Å². The second-order valence-corrected chi connectivity index (χ2v) is 10.9. The summed E-state index contributed by atoms with van der Waals surface area (Å²) < 4.78 is 0. The van der Waals surface area contributed by atoms with Gasteiger partial charge in [-0.15, -0.1) is 0 Å². The highest BCUT2D eigenvalue weighted by molar-refractivity contribution is 6.03. The van der Waals surface area contributed by atoms with E-state index in [1.165, 1.54) is 9.80 Å². The summed E-state index contributed by atoms with van der Waals surface area (Å²) in [5, 5.41) is 16.5. The fraction of sp³-hybridized carbons (Fsp3) is 0.621. The third-order valence-electron chi connectivity index (χ3n) is 7.61. The number of amides is 5. The number of imide groups is 2. The quantitative estimate of drug-likeness (QED) is 0.212. The predicted octanol–water partition coefficient (Wildman–Crippen LogP) is 0.739. The SMILES string of the molecule is Cc1cc(CCC(=O)N(CCNCCN2C(=O)CC(C)C2=O)CCNCCN2C(=O)CC(C)C2=O)cc(C)c1O. The van der Waals surface area contributed by atoms with Gasteiger partial charge in [-0.1, -0.05) is 26.0 Å². The first-order valence-corrected chi connectivity index (χ1v) is 14.2. The van der Waals surface area contributed by atoms with E-state index in [1.54, 1.807) is 18.7 Å². The van der Waals surface area contributed by atoms with Gasteiger partial charge in [-0.3, -0.25) is 33.8 Å². The zero-order valence-electron chi connectivity index (χ0n) is 24.1. The van der Waals surface area contributed by atoms with Crippen molar-refractivity contribution in [2.24, 2.45) is 11.8 Å². The van der Waals surface area contributed by atoms with Crippen LogP contribution in [0.1, 0.15) is 49.8 Å². The van der Waals surface area contributed by atoms with Gasteiger partial charge in [0.2, 0.25) is 29.5 Å². The van der Waals surface area contributed by atoms with Crippen LogP contribution >= 0.6 is 0 Å². The highest BCUT2D eigenvalue weighted by Crippen LogP contribution is 2.24. The third kappa shape index (κ3) is 8.11. The molecule has 2 aliphatic heterocycles. The monoisotopic (exact) mass is 557 g/mol. The predicted molar refractivity (Wildman–Crippen MR) is 149 cm³/mol. The molecule has 11 nitrogen and oxygen atoms in total. The zero-order chi connectivity index (χ0) is 29.4. The second kappa shape index (κ2) is 14.4. The number of aromatic hydroxyl groups is 1. The van der Waals surface area contributed by atoms with E-state index in [4.69, 9.17) is 0 Å². The van der Waals surface area contributed by atoms with Gasteiger partial charge in [-0.05, 0) is 37.0 Å². The second-order valence-electron chi connectivity index (χ2n) is 10.9. The van der Waals surface area contributed by atoms with Crippen LogP contribution in [0.4, 0.5) is 0 Å². The molecule has 0 spiro atoms. The van der Waals surface area contributed by atoms with Crippen molar-refractivity contribution < 1.29 is 29.1 Å². The van der Waals surface area contributed by atoms with Crippen molar-refractivity contribution in [3.63, 3.8) is 0 Å². The van der Waals surface area contributed by atoms with Crippen molar-refractivity contribution in [3.8, 4) is 5.75 Å². The first-order valence-electron chi connectivity index (χ1n) is 14.2. The number of likely N-dealkylation sites (tertiary alicyclic amines) is 2. The molecule has 2 unspecified atom stereocenters. The Morgan fingerprint density at radius 2 is 1.30 bits per heavy atom. The normalized spacial score (nSPS) is 19.3. The van der Waals surface area contributed by atoms with Gasteiger partial charge >= 0.3 is 0 Å². The minimum absolute atomic E-state index is 0.00979. The maximum atomic E-state index is 13.2. The van der Waals surface area contributed by atoms with Gasteiger partial charge in [0.15, 0.2) is 0 Å². The van der Waals surface area contributed by atoms with Crippen molar-refractivity contribution in [1.82, 2.24) is 25.3 Å². The number of carbonyl (C=O) groups excluding carboxylic acids is 5. The molecular weight excluding hydrogens is 514 g/mol. The molecule has 1 aromatic rings. The van der Waals surface area contributed by atoms with Gasteiger partial charge in [0.1, 0.15) is 5.75 Å². The van der Waals surface area contributed by atoms with Crippen molar-refractivity contribution in [1.29, 1.82) is 0 Å². The summed E-state index contributed by atoms with van der Waals surface area (Å²) in [6.45, 7) is 10.6. The average Bonchev–Trinajstić information content (AvgIpc) is 3.30. The van der Waals surface area contributed by atoms with Crippen LogP contribution < -0.4 is 10.6 Å². The molecule has 2 fully saturated rings. The van der Waals surface area contributed by atoms with Crippen LogP contribution in [0.5, 0.6) is 5.75 Å². The smallest absolute Gasteiger partial charge is 0.232 e. The Kier molecular flexibility index (Phi) is 11.2. The van der Waals surface area contributed by atoms with Crippen LogP contribution in [0.2, 0.25) is 0 Å². The molecule has 2 heterocycles. The minimum Gasteiger partial charge on any atom is -0.507 e. The summed E-state index contributed by atoms with van der Waals surface area (Å²) in [6.07, 6.45) is 1.38. The maximum absolute atomic E-state index is 13.2. The molecule has 0 aliphatic carbocycles. The molecule has 0 aromatic heterocycles. The van der Waals surface area contributed by atoms with Crippen LogP contribution in [0.25, 0.3) is 0 Å². The number of nitrogens with one attached hydrogen (secondary N) is 2. The van der Waals surface area contributed by atoms with Crippen LogP contribution in [-0.4, -0.2) is 102 Å².